The van der Waals surface area contributed by atoms with Gasteiger partial charge in [-0.15, -0.1) is 0 Å². The summed E-state index contributed by atoms with van der Waals surface area (Å²) in [7, 11) is 3.58. The number of urea groups is 1. The molecule has 2 aromatic carbocycles. The van der Waals surface area contributed by atoms with Gasteiger partial charge in [-0.3, -0.25) is 4.79 Å². The topological polar surface area (TPSA) is 73.5 Å². The van der Waals surface area contributed by atoms with E-state index in [9.17, 15) is 22.8 Å². The number of amides is 3. The van der Waals surface area contributed by atoms with Crippen LogP contribution in [0.15, 0.2) is 42.5 Å². The van der Waals surface area contributed by atoms with Gasteiger partial charge < -0.3 is 20.9 Å². The standard InChI is InChI=1S/C20H21F3N4O2/c1-27(2)17-10-9-13(11-14(17)18(28)24-12-7-8-12)25-19(29)26-16-6-4-3-5-15(16)20(21,22)23/h3-6,9-12H,7-8H2,1-2H3,(H,24,28)(H2,25,26,29). The second kappa shape index (κ2) is 8.02. The van der Waals surface area contributed by atoms with Crippen molar-refractivity contribution in [2.45, 2.75) is 25.1 Å². The van der Waals surface area contributed by atoms with Gasteiger partial charge in [-0.25, -0.2) is 4.79 Å². The van der Waals surface area contributed by atoms with E-state index in [1.165, 1.54) is 24.3 Å². The minimum atomic E-state index is -4.59. The molecule has 0 spiro atoms. The molecule has 0 saturated heterocycles. The van der Waals surface area contributed by atoms with E-state index in [2.05, 4.69) is 16.0 Å². The number of nitrogens with zero attached hydrogens (tertiary/aromatic N) is 1. The number of hydrogen-bond donors (Lipinski definition) is 3. The number of carbonyl (C=O) groups excluding carboxylic acids is 2. The molecule has 3 N–H and O–H groups in total. The van der Waals surface area contributed by atoms with Crippen molar-refractivity contribution >= 4 is 29.0 Å². The Hall–Kier alpha value is -3.23. The van der Waals surface area contributed by atoms with E-state index in [0.29, 0.717) is 16.9 Å². The fourth-order valence-electron chi connectivity index (χ4n) is 2.80. The maximum absolute atomic E-state index is 13.1. The SMILES string of the molecule is CN(C)c1ccc(NC(=O)Nc2ccccc2C(F)(F)F)cc1C(=O)NC1CC1. The predicted octanol–water partition coefficient (Wildman–Crippen LogP) is 4.31. The van der Waals surface area contributed by atoms with Crippen LogP contribution in [0.1, 0.15) is 28.8 Å². The molecule has 0 radical (unpaired) electrons. The van der Waals surface area contributed by atoms with Crippen LogP contribution in [0.5, 0.6) is 0 Å². The van der Waals surface area contributed by atoms with Gasteiger partial charge in [0.25, 0.3) is 5.91 Å². The lowest BCUT2D eigenvalue weighted by molar-refractivity contribution is -0.136. The fourth-order valence-corrected chi connectivity index (χ4v) is 2.80. The summed E-state index contributed by atoms with van der Waals surface area (Å²) < 4.78 is 39.2. The maximum Gasteiger partial charge on any atom is 0.418 e. The highest BCUT2D eigenvalue weighted by Crippen LogP contribution is 2.34. The van der Waals surface area contributed by atoms with Crippen LogP contribution in [0, 0.1) is 0 Å². The number of rotatable bonds is 5. The van der Waals surface area contributed by atoms with Crippen LogP contribution >= 0.6 is 0 Å². The molecule has 29 heavy (non-hydrogen) atoms. The third kappa shape index (κ3) is 5.18. The number of nitrogens with one attached hydrogen (secondary N) is 3. The molecule has 3 amide bonds. The van der Waals surface area contributed by atoms with Crippen LogP contribution in [-0.4, -0.2) is 32.1 Å². The summed E-state index contributed by atoms with van der Waals surface area (Å²) in [5.41, 5.74) is 0.0298. The van der Waals surface area contributed by atoms with E-state index in [-0.39, 0.29) is 17.6 Å². The van der Waals surface area contributed by atoms with E-state index in [1.54, 1.807) is 31.1 Å². The fraction of sp³-hybridized carbons (Fsp3) is 0.300. The Labute approximate surface area is 166 Å². The molecular formula is C20H21F3N4O2. The average molecular weight is 406 g/mol. The zero-order valence-corrected chi connectivity index (χ0v) is 15.9. The molecule has 0 atom stereocenters. The smallest absolute Gasteiger partial charge is 0.377 e. The molecule has 1 fully saturated rings. The quantitative estimate of drug-likeness (QED) is 0.693. The molecule has 0 aliphatic heterocycles. The predicted molar refractivity (Wildman–Crippen MR) is 105 cm³/mol. The summed E-state index contributed by atoms with van der Waals surface area (Å²) >= 11 is 0. The van der Waals surface area contributed by atoms with E-state index >= 15 is 0 Å². The van der Waals surface area contributed by atoms with Crippen LogP contribution < -0.4 is 20.9 Å². The first kappa shape index (κ1) is 20.5. The first-order valence-corrected chi connectivity index (χ1v) is 9.01. The molecule has 2 aromatic rings. The van der Waals surface area contributed by atoms with Crippen molar-refractivity contribution in [1.29, 1.82) is 0 Å². The molecule has 1 aliphatic rings. The van der Waals surface area contributed by atoms with E-state index in [0.717, 1.165) is 18.9 Å². The Bertz CT molecular complexity index is 924. The van der Waals surface area contributed by atoms with Crippen molar-refractivity contribution in [3.05, 3.63) is 53.6 Å². The monoisotopic (exact) mass is 406 g/mol. The molecule has 0 heterocycles. The summed E-state index contributed by atoms with van der Waals surface area (Å²) in [6, 6.07) is 8.79. The van der Waals surface area contributed by atoms with Crippen molar-refractivity contribution in [3.63, 3.8) is 0 Å². The molecule has 3 rings (SSSR count). The number of anilines is 3. The van der Waals surface area contributed by atoms with Gasteiger partial charge >= 0.3 is 12.2 Å². The Balaban J connectivity index is 1.78. The highest BCUT2D eigenvalue weighted by molar-refractivity contribution is 6.04. The Morgan fingerprint density at radius 2 is 1.72 bits per heavy atom. The second-order valence-corrected chi connectivity index (χ2v) is 7.00. The van der Waals surface area contributed by atoms with Gasteiger partial charge in [0.2, 0.25) is 0 Å². The minimum Gasteiger partial charge on any atom is -0.377 e. The number of para-hydroxylation sites is 1. The zero-order valence-electron chi connectivity index (χ0n) is 15.9. The highest BCUT2D eigenvalue weighted by Gasteiger charge is 2.33. The number of alkyl halides is 3. The van der Waals surface area contributed by atoms with Crippen molar-refractivity contribution in [2.75, 3.05) is 29.6 Å². The van der Waals surface area contributed by atoms with Crippen molar-refractivity contribution in [1.82, 2.24) is 5.32 Å². The number of halogens is 3. The Kier molecular flexibility index (Phi) is 5.67. The van der Waals surface area contributed by atoms with Crippen LogP contribution in [0.4, 0.5) is 35.0 Å². The molecule has 0 unspecified atom stereocenters. The lowest BCUT2D eigenvalue weighted by Crippen LogP contribution is -2.28. The Morgan fingerprint density at radius 3 is 2.34 bits per heavy atom. The summed E-state index contributed by atoms with van der Waals surface area (Å²) in [5.74, 6) is -0.261. The summed E-state index contributed by atoms with van der Waals surface area (Å²) in [6.07, 6.45) is -2.73. The Morgan fingerprint density at radius 1 is 1.03 bits per heavy atom. The zero-order chi connectivity index (χ0) is 21.2. The second-order valence-electron chi connectivity index (χ2n) is 7.00. The minimum absolute atomic E-state index is 0.163. The first-order valence-electron chi connectivity index (χ1n) is 9.01. The molecular weight excluding hydrogens is 385 g/mol. The lowest BCUT2D eigenvalue weighted by Gasteiger charge is -2.19. The molecule has 1 aliphatic carbocycles. The third-order valence-corrected chi connectivity index (χ3v) is 4.37. The van der Waals surface area contributed by atoms with Gasteiger partial charge in [0.1, 0.15) is 0 Å². The van der Waals surface area contributed by atoms with Crippen LogP contribution in [0.3, 0.4) is 0 Å². The maximum atomic E-state index is 13.1. The normalized spacial score (nSPS) is 13.6. The van der Waals surface area contributed by atoms with E-state index < -0.39 is 17.8 Å². The molecule has 1 saturated carbocycles. The number of hydrogen-bond acceptors (Lipinski definition) is 3. The van der Waals surface area contributed by atoms with Crippen LogP contribution in [0.2, 0.25) is 0 Å². The van der Waals surface area contributed by atoms with Gasteiger partial charge in [0, 0.05) is 31.5 Å². The molecule has 6 nitrogen and oxygen atoms in total. The lowest BCUT2D eigenvalue weighted by atomic mass is 10.1. The van der Waals surface area contributed by atoms with Gasteiger partial charge in [-0.2, -0.15) is 13.2 Å². The van der Waals surface area contributed by atoms with E-state index in [4.69, 9.17) is 0 Å². The molecule has 9 heteroatoms. The van der Waals surface area contributed by atoms with Gasteiger partial charge in [-0.05, 0) is 43.2 Å². The number of benzene rings is 2. The molecule has 154 valence electrons. The van der Waals surface area contributed by atoms with Crippen molar-refractivity contribution in [3.8, 4) is 0 Å². The van der Waals surface area contributed by atoms with Crippen molar-refractivity contribution < 1.29 is 22.8 Å². The highest BCUT2D eigenvalue weighted by atomic mass is 19.4. The van der Waals surface area contributed by atoms with Gasteiger partial charge in [0.15, 0.2) is 0 Å². The average Bonchev–Trinajstić information content (AvgIpc) is 3.44. The first-order chi connectivity index (χ1) is 13.6. The third-order valence-electron chi connectivity index (χ3n) is 4.37. The molecule has 0 aromatic heterocycles. The van der Waals surface area contributed by atoms with E-state index in [1.807, 2.05) is 0 Å². The van der Waals surface area contributed by atoms with Crippen molar-refractivity contribution in [2.24, 2.45) is 0 Å². The van der Waals surface area contributed by atoms with Gasteiger partial charge in [0.05, 0.1) is 16.8 Å². The summed E-state index contributed by atoms with van der Waals surface area (Å²) in [5, 5.41) is 7.59. The van der Waals surface area contributed by atoms with Crippen LogP contribution in [-0.2, 0) is 6.18 Å². The summed E-state index contributed by atoms with van der Waals surface area (Å²) in [4.78, 5) is 26.5. The molecule has 0 bridgehead atoms. The van der Waals surface area contributed by atoms with Crippen LogP contribution in [0.25, 0.3) is 0 Å². The number of carbonyl (C=O) groups is 2. The summed E-state index contributed by atoms with van der Waals surface area (Å²) in [6.45, 7) is 0. The van der Waals surface area contributed by atoms with Gasteiger partial charge in [-0.1, -0.05) is 12.1 Å². The largest absolute Gasteiger partial charge is 0.418 e.